The number of rotatable bonds is 6. The van der Waals surface area contributed by atoms with Gasteiger partial charge in [0.2, 0.25) is 5.91 Å². The first kappa shape index (κ1) is 15.8. The molecule has 1 aromatic carbocycles. The van der Waals surface area contributed by atoms with Crippen LogP contribution in [0, 0.1) is 16.0 Å². The lowest BCUT2D eigenvalue weighted by atomic mass is 9.98. The van der Waals surface area contributed by atoms with Crippen LogP contribution >= 0.6 is 11.6 Å². The zero-order chi connectivity index (χ0) is 15.4. The summed E-state index contributed by atoms with van der Waals surface area (Å²) in [6.45, 7) is 2.76. The third-order valence-corrected chi connectivity index (χ3v) is 4.14. The molecule has 0 fully saturated rings. The number of nitrogens with zero attached hydrogens (tertiary/aromatic N) is 2. The third kappa shape index (κ3) is 3.73. The van der Waals surface area contributed by atoms with Crippen LogP contribution in [0.15, 0.2) is 18.2 Å². The van der Waals surface area contributed by atoms with Crippen molar-refractivity contribution in [3.8, 4) is 0 Å². The van der Waals surface area contributed by atoms with Crippen LogP contribution in [0.4, 0.5) is 11.4 Å². The highest BCUT2D eigenvalue weighted by Crippen LogP contribution is 2.31. The Morgan fingerprint density at radius 2 is 2.14 bits per heavy atom. The molecule has 5 nitrogen and oxygen atoms in total. The number of amides is 1. The molecule has 21 heavy (non-hydrogen) atoms. The fourth-order valence-electron chi connectivity index (χ4n) is 2.59. The van der Waals surface area contributed by atoms with Crippen LogP contribution in [-0.4, -0.2) is 23.3 Å². The molecule has 1 aliphatic heterocycles. The van der Waals surface area contributed by atoms with Gasteiger partial charge in [0.25, 0.3) is 5.69 Å². The molecule has 0 aromatic heterocycles. The van der Waals surface area contributed by atoms with Crippen LogP contribution in [0.5, 0.6) is 0 Å². The van der Waals surface area contributed by atoms with Gasteiger partial charge in [0.1, 0.15) is 0 Å². The molecule has 0 saturated carbocycles. The van der Waals surface area contributed by atoms with E-state index in [-0.39, 0.29) is 11.6 Å². The van der Waals surface area contributed by atoms with Crippen molar-refractivity contribution < 1.29 is 9.72 Å². The first-order chi connectivity index (χ1) is 10.0. The summed E-state index contributed by atoms with van der Waals surface area (Å²) in [6.07, 6.45) is 2.80. The molecule has 1 amide bonds. The Morgan fingerprint density at radius 3 is 2.81 bits per heavy atom. The van der Waals surface area contributed by atoms with Gasteiger partial charge in [0.15, 0.2) is 0 Å². The number of anilines is 1. The molecule has 2 rings (SSSR count). The second-order valence-corrected chi connectivity index (χ2v) is 5.86. The second kappa shape index (κ2) is 6.89. The zero-order valence-electron chi connectivity index (χ0n) is 12.0. The van der Waals surface area contributed by atoms with Crippen LogP contribution < -0.4 is 4.90 Å². The Balaban J connectivity index is 2.16. The van der Waals surface area contributed by atoms with E-state index in [0.29, 0.717) is 31.2 Å². The molecular formula is C15H19ClN2O3. The minimum Gasteiger partial charge on any atom is -0.312 e. The van der Waals surface area contributed by atoms with E-state index < -0.39 is 4.92 Å². The van der Waals surface area contributed by atoms with Gasteiger partial charge in [-0.05, 0) is 36.8 Å². The van der Waals surface area contributed by atoms with E-state index in [1.165, 1.54) is 6.07 Å². The Morgan fingerprint density at radius 1 is 1.38 bits per heavy atom. The first-order valence-electron chi connectivity index (χ1n) is 7.16. The molecule has 1 aliphatic rings. The largest absolute Gasteiger partial charge is 0.312 e. The summed E-state index contributed by atoms with van der Waals surface area (Å²) in [5.74, 6) is 1.17. The van der Waals surface area contributed by atoms with Gasteiger partial charge < -0.3 is 4.90 Å². The summed E-state index contributed by atoms with van der Waals surface area (Å²) >= 11 is 5.73. The van der Waals surface area contributed by atoms with Crippen LogP contribution in [0.3, 0.4) is 0 Å². The topological polar surface area (TPSA) is 63.5 Å². The highest BCUT2D eigenvalue weighted by atomic mass is 35.5. The number of benzene rings is 1. The SMILES string of the molecule is CC(CCCl)CCN1C(=O)CCc2cc([N+](=O)[O-])ccc21. The fraction of sp³-hybridized carbons (Fsp3) is 0.533. The van der Waals surface area contributed by atoms with Crippen molar-refractivity contribution >= 4 is 28.9 Å². The molecule has 0 radical (unpaired) electrons. The number of alkyl halides is 1. The van der Waals surface area contributed by atoms with E-state index in [9.17, 15) is 14.9 Å². The quantitative estimate of drug-likeness (QED) is 0.459. The number of carbonyl (C=O) groups excluding carboxylic acids is 1. The van der Waals surface area contributed by atoms with Gasteiger partial charge >= 0.3 is 0 Å². The summed E-state index contributed by atoms with van der Waals surface area (Å²) in [4.78, 5) is 24.3. The number of carbonyl (C=O) groups is 1. The lowest BCUT2D eigenvalue weighted by molar-refractivity contribution is -0.384. The van der Waals surface area contributed by atoms with Crippen molar-refractivity contribution in [3.05, 3.63) is 33.9 Å². The minimum atomic E-state index is -0.399. The fourth-order valence-corrected chi connectivity index (χ4v) is 2.96. The average molecular weight is 311 g/mol. The smallest absolute Gasteiger partial charge is 0.269 e. The average Bonchev–Trinajstić information content (AvgIpc) is 2.46. The molecule has 6 heteroatoms. The first-order valence-corrected chi connectivity index (χ1v) is 7.70. The zero-order valence-corrected chi connectivity index (χ0v) is 12.8. The molecular weight excluding hydrogens is 292 g/mol. The second-order valence-electron chi connectivity index (χ2n) is 5.49. The van der Waals surface area contributed by atoms with Crippen LogP contribution in [-0.2, 0) is 11.2 Å². The maximum absolute atomic E-state index is 12.1. The number of hydrogen-bond donors (Lipinski definition) is 0. The number of nitro benzene ring substituents is 1. The predicted molar refractivity (Wildman–Crippen MR) is 82.9 cm³/mol. The van der Waals surface area contributed by atoms with Gasteiger partial charge in [-0.2, -0.15) is 0 Å². The molecule has 0 saturated heterocycles. The standard InChI is InChI=1S/C15H19ClN2O3/c1-11(6-8-16)7-9-17-14-4-3-13(18(20)21)10-12(14)2-5-15(17)19/h3-4,10-11H,2,5-9H2,1H3. The van der Waals surface area contributed by atoms with Gasteiger partial charge in [0.05, 0.1) is 4.92 Å². The third-order valence-electron chi connectivity index (χ3n) is 3.92. The Hall–Kier alpha value is -1.62. The maximum Gasteiger partial charge on any atom is 0.269 e. The Kier molecular flexibility index (Phi) is 5.17. The summed E-state index contributed by atoms with van der Waals surface area (Å²) < 4.78 is 0. The van der Waals surface area contributed by atoms with E-state index >= 15 is 0 Å². The molecule has 1 atom stereocenters. The molecule has 1 unspecified atom stereocenters. The molecule has 0 bridgehead atoms. The highest BCUT2D eigenvalue weighted by Gasteiger charge is 2.25. The van der Waals surface area contributed by atoms with Crippen LogP contribution in [0.25, 0.3) is 0 Å². The lowest BCUT2D eigenvalue weighted by Gasteiger charge is -2.30. The Bertz CT molecular complexity index is 548. The summed E-state index contributed by atoms with van der Waals surface area (Å²) in [5, 5.41) is 10.8. The predicted octanol–water partition coefficient (Wildman–Crippen LogP) is 3.53. The van der Waals surface area contributed by atoms with Gasteiger partial charge in [-0.3, -0.25) is 14.9 Å². The van der Waals surface area contributed by atoms with Gasteiger partial charge in [-0.25, -0.2) is 0 Å². The van der Waals surface area contributed by atoms with Crippen molar-refractivity contribution in [2.45, 2.75) is 32.6 Å². The van der Waals surface area contributed by atoms with E-state index in [4.69, 9.17) is 11.6 Å². The number of aryl methyl sites for hydroxylation is 1. The van der Waals surface area contributed by atoms with E-state index in [1.807, 2.05) is 0 Å². The Labute approximate surface area is 129 Å². The van der Waals surface area contributed by atoms with Crippen LogP contribution in [0.1, 0.15) is 31.7 Å². The van der Waals surface area contributed by atoms with Gasteiger partial charge in [-0.1, -0.05) is 6.92 Å². The summed E-state index contributed by atoms with van der Waals surface area (Å²) in [5.41, 5.74) is 1.78. The van der Waals surface area contributed by atoms with Crippen molar-refractivity contribution in [3.63, 3.8) is 0 Å². The van der Waals surface area contributed by atoms with Crippen molar-refractivity contribution in [1.82, 2.24) is 0 Å². The van der Waals surface area contributed by atoms with E-state index in [2.05, 4.69) is 6.92 Å². The van der Waals surface area contributed by atoms with Crippen molar-refractivity contribution in [2.75, 3.05) is 17.3 Å². The molecule has 1 aromatic rings. The van der Waals surface area contributed by atoms with Gasteiger partial charge in [0, 0.05) is 36.7 Å². The number of fused-ring (bicyclic) bond motifs is 1. The number of nitro groups is 1. The number of hydrogen-bond acceptors (Lipinski definition) is 3. The normalized spacial score (nSPS) is 15.7. The number of halogens is 1. The van der Waals surface area contributed by atoms with Crippen molar-refractivity contribution in [2.24, 2.45) is 5.92 Å². The van der Waals surface area contributed by atoms with E-state index in [0.717, 1.165) is 24.1 Å². The molecule has 1 heterocycles. The van der Waals surface area contributed by atoms with E-state index in [1.54, 1.807) is 17.0 Å². The molecule has 0 aliphatic carbocycles. The minimum absolute atomic E-state index is 0.0820. The number of non-ortho nitro benzene ring substituents is 1. The summed E-state index contributed by atoms with van der Waals surface area (Å²) in [7, 11) is 0. The maximum atomic E-state index is 12.1. The monoisotopic (exact) mass is 310 g/mol. The lowest BCUT2D eigenvalue weighted by Crippen LogP contribution is -2.36. The highest BCUT2D eigenvalue weighted by molar-refractivity contribution is 6.17. The molecule has 114 valence electrons. The summed E-state index contributed by atoms with van der Waals surface area (Å²) in [6, 6.07) is 4.74. The van der Waals surface area contributed by atoms with Gasteiger partial charge in [-0.15, -0.1) is 11.6 Å². The van der Waals surface area contributed by atoms with Crippen molar-refractivity contribution in [1.29, 1.82) is 0 Å². The molecule has 0 spiro atoms. The van der Waals surface area contributed by atoms with Crippen LogP contribution in [0.2, 0.25) is 0 Å². The molecule has 0 N–H and O–H groups in total.